The summed E-state index contributed by atoms with van der Waals surface area (Å²) in [5.74, 6) is 0. The lowest BCUT2D eigenvalue weighted by Gasteiger charge is -2.33. The Hall–Kier alpha value is -0.550. The van der Waals surface area contributed by atoms with E-state index in [1.807, 2.05) is 0 Å². The van der Waals surface area contributed by atoms with Gasteiger partial charge in [-0.3, -0.25) is 4.90 Å². The van der Waals surface area contributed by atoms with Gasteiger partial charge in [0, 0.05) is 0 Å². The molecule has 0 saturated heterocycles. The Morgan fingerprint density at radius 3 is 0.816 bits per heavy atom. The SMILES string of the molecule is CCCCCCCCCCCCCCCCN(CCCCCCCCCCCCCCCC)C(C)(C)C#N. The van der Waals surface area contributed by atoms with E-state index in [0.717, 1.165) is 13.1 Å². The maximum atomic E-state index is 9.70. The van der Waals surface area contributed by atoms with Crippen molar-refractivity contribution in [2.24, 2.45) is 0 Å². The van der Waals surface area contributed by atoms with Crippen molar-refractivity contribution >= 4 is 0 Å². The van der Waals surface area contributed by atoms with Gasteiger partial charge in [-0.25, -0.2) is 0 Å². The van der Waals surface area contributed by atoms with Gasteiger partial charge in [0.2, 0.25) is 0 Å². The molecular weight excluding hydrogens is 460 g/mol. The maximum Gasteiger partial charge on any atom is 0.103 e. The Morgan fingerprint density at radius 2 is 0.605 bits per heavy atom. The first-order valence-electron chi connectivity index (χ1n) is 17.7. The average molecular weight is 533 g/mol. The van der Waals surface area contributed by atoms with Crippen LogP contribution in [0.3, 0.4) is 0 Å². The summed E-state index contributed by atoms with van der Waals surface area (Å²) >= 11 is 0. The number of hydrogen-bond acceptors (Lipinski definition) is 2. The van der Waals surface area contributed by atoms with Gasteiger partial charge in [0.05, 0.1) is 6.07 Å². The third-order valence-corrected chi connectivity index (χ3v) is 8.63. The number of hydrogen-bond donors (Lipinski definition) is 0. The number of nitriles is 1. The van der Waals surface area contributed by atoms with E-state index in [1.165, 1.54) is 180 Å². The fourth-order valence-corrected chi connectivity index (χ4v) is 5.74. The van der Waals surface area contributed by atoms with E-state index in [-0.39, 0.29) is 5.54 Å². The first-order valence-corrected chi connectivity index (χ1v) is 17.7. The van der Waals surface area contributed by atoms with Crippen molar-refractivity contribution in [3.63, 3.8) is 0 Å². The molecule has 2 heteroatoms. The summed E-state index contributed by atoms with van der Waals surface area (Å²) in [6.07, 6.45) is 39.3. The molecule has 0 heterocycles. The van der Waals surface area contributed by atoms with Crippen molar-refractivity contribution in [2.45, 2.75) is 213 Å². The number of rotatable bonds is 31. The largest absolute Gasteiger partial charge is 0.286 e. The highest BCUT2D eigenvalue weighted by Gasteiger charge is 2.25. The van der Waals surface area contributed by atoms with E-state index >= 15 is 0 Å². The topological polar surface area (TPSA) is 27.0 Å². The highest BCUT2D eigenvalue weighted by molar-refractivity contribution is 5.01. The first kappa shape index (κ1) is 37.5. The third kappa shape index (κ3) is 25.7. The van der Waals surface area contributed by atoms with Crippen LogP contribution in [0.1, 0.15) is 207 Å². The Labute approximate surface area is 242 Å². The molecule has 38 heavy (non-hydrogen) atoms. The van der Waals surface area contributed by atoms with Gasteiger partial charge >= 0.3 is 0 Å². The normalized spacial score (nSPS) is 11.9. The van der Waals surface area contributed by atoms with Crippen molar-refractivity contribution < 1.29 is 0 Å². The molecule has 0 saturated carbocycles. The number of nitrogens with zero attached hydrogens (tertiary/aromatic N) is 2. The highest BCUT2D eigenvalue weighted by Crippen LogP contribution is 2.19. The first-order chi connectivity index (χ1) is 18.6. The maximum absolute atomic E-state index is 9.70. The summed E-state index contributed by atoms with van der Waals surface area (Å²) in [6, 6.07) is 2.57. The summed E-state index contributed by atoms with van der Waals surface area (Å²) in [6.45, 7) is 11.0. The molecule has 0 aromatic heterocycles. The molecule has 0 fully saturated rings. The molecule has 0 aliphatic rings. The zero-order chi connectivity index (χ0) is 28.0. The zero-order valence-corrected chi connectivity index (χ0v) is 27.1. The van der Waals surface area contributed by atoms with Crippen LogP contribution in [0.4, 0.5) is 0 Å². The molecule has 0 N–H and O–H groups in total. The Morgan fingerprint density at radius 1 is 0.395 bits per heavy atom. The third-order valence-electron chi connectivity index (χ3n) is 8.63. The minimum absolute atomic E-state index is 0.326. The summed E-state index contributed by atoms with van der Waals surface area (Å²) in [4.78, 5) is 2.47. The smallest absolute Gasteiger partial charge is 0.103 e. The molecule has 2 nitrogen and oxygen atoms in total. The summed E-state index contributed by atoms with van der Waals surface area (Å²) in [5.41, 5.74) is -0.326. The molecule has 0 aliphatic carbocycles. The second-order valence-corrected chi connectivity index (χ2v) is 12.9. The Balaban J connectivity index is 3.65. The van der Waals surface area contributed by atoms with Crippen molar-refractivity contribution in [3.05, 3.63) is 0 Å². The van der Waals surface area contributed by atoms with Gasteiger partial charge in [-0.1, -0.05) is 181 Å². The Bertz CT molecular complexity index is 460. The second-order valence-electron chi connectivity index (χ2n) is 12.9. The minimum Gasteiger partial charge on any atom is -0.286 e. The molecule has 0 radical (unpaired) electrons. The van der Waals surface area contributed by atoms with Crippen LogP contribution < -0.4 is 0 Å². The van der Waals surface area contributed by atoms with Crippen LogP contribution >= 0.6 is 0 Å². The van der Waals surface area contributed by atoms with Gasteiger partial charge in [0.1, 0.15) is 5.54 Å². The van der Waals surface area contributed by atoms with E-state index in [1.54, 1.807) is 0 Å². The summed E-state index contributed by atoms with van der Waals surface area (Å²) in [5, 5.41) is 9.70. The highest BCUT2D eigenvalue weighted by atomic mass is 15.2. The monoisotopic (exact) mass is 533 g/mol. The van der Waals surface area contributed by atoms with E-state index in [0.29, 0.717) is 0 Å². The van der Waals surface area contributed by atoms with Gasteiger partial charge in [-0.2, -0.15) is 5.26 Å². The molecule has 0 bridgehead atoms. The van der Waals surface area contributed by atoms with Crippen LogP contribution in [0.2, 0.25) is 0 Å². The zero-order valence-electron chi connectivity index (χ0n) is 27.1. The lowest BCUT2D eigenvalue weighted by Crippen LogP contribution is -2.43. The molecule has 0 rings (SSSR count). The van der Waals surface area contributed by atoms with Crippen LogP contribution in [-0.2, 0) is 0 Å². The molecular formula is C36H72N2. The number of unbranched alkanes of at least 4 members (excludes halogenated alkanes) is 26. The Kier molecular flexibility index (Phi) is 29.0. The molecule has 226 valence electrons. The van der Waals surface area contributed by atoms with Crippen molar-refractivity contribution in [1.82, 2.24) is 4.90 Å². The van der Waals surface area contributed by atoms with Crippen LogP contribution in [0.15, 0.2) is 0 Å². The van der Waals surface area contributed by atoms with Gasteiger partial charge in [-0.15, -0.1) is 0 Å². The van der Waals surface area contributed by atoms with E-state index < -0.39 is 0 Å². The fraction of sp³-hybridized carbons (Fsp3) is 0.972. The van der Waals surface area contributed by atoms with Gasteiger partial charge in [0.25, 0.3) is 0 Å². The van der Waals surface area contributed by atoms with E-state index in [9.17, 15) is 5.26 Å². The lowest BCUT2D eigenvalue weighted by atomic mass is 10.0. The van der Waals surface area contributed by atoms with Crippen LogP contribution in [0.5, 0.6) is 0 Å². The van der Waals surface area contributed by atoms with E-state index in [4.69, 9.17) is 0 Å². The molecule has 0 aromatic rings. The standard InChI is InChI=1S/C36H72N2/c1-5-7-9-11-13-15-17-19-21-23-25-27-29-31-33-38(36(3,4)35-37)34-32-30-28-26-24-22-20-18-16-14-12-10-8-6-2/h5-34H2,1-4H3. The minimum atomic E-state index is -0.326. The van der Waals surface area contributed by atoms with Crippen molar-refractivity contribution in [2.75, 3.05) is 13.1 Å². The van der Waals surface area contributed by atoms with E-state index in [2.05, 4.69) is 38.7 Å². The van der Waals surface area contributed by atoms with Crippen LogP contribution in [0, 0.1) is 11.3 Å². The van der Waals surface area contributed by atoms with Crippen molar-refractivity contribution in [1.29, 1.82) is 5.26 Å². The predicted octanol–water partition coefficient (Wildman–Crippen LogP) is 12.6. The molecule has 0 spiro atoms. The van der Waals surface area contributed by atoms with Crippen LogP contribution in [0.25, 0.3) is 0 Å². The average Bonchev–Trinajstić information content (AvgIpc) is 2.92. The van der Waals surface area contributed by atoms with Gasteiger partial charge < -0.3 is 0 Å². The molecule has 0 amide bonds. The summed E-state index contributed by atoms with van der Waals surface area (Å²) < 4.78 is 0. The molecule has 0 aliphatic heterocycles. The second kappa shape index (κ2) is 29.4. The lowest BCUT2D eigenvalue weighted by molar-refractivity contribution is 0.160. The molecule has 0 aromatic carbocycles. The predicted molar refractivity (Wildman–Crippen MR) is 172 cm³/mol. The molecule has 0 atom stereocenters. The quantitative estimate of drug-likeness (QED) is 0.0830. The van der Waals surface area contributed by atoms with Gasteiger partial charge in [0.15, 0.2) is 0 Å². The van der Waals surface area contributed by atoms with Crippen LogP contribution in [-0.4, -0.2) is 23.5 Å². The summed E-state index contributed by atoms with van der Waals surface area (Å²) in [7, 11) is 0. The van der Waals surface area contributed by atoms with Gasteiger partial charge in [-0.05, 0) is 39.8 Å². The molecule has 0 unspecified atom stereocenters. The fourth-order valence-electron chi connectivity index (χ4n) is 5.74. The van der Waals surface area contributed by atoms with Crippen molar-refractivity contribution in [3.8, 4) is 6.07 Å².